The van der Waals surface area contributed by atoms with E-state index in [4.69, 9.17) is 11.6 Å². The number of azide groups is 1. The normalized spacial score (nSPS) is 14.1. The van der Waals surface area contributed by atoms with E-state index in [0.717, 1.165) is 16.7 Å². The van der Waals surface area contributed by atoms with E-state index in [9.17, 15) is 5.53 Å². The molecule has 0 unspecified atom stereocenters. The van der Waals surface area contributed by atoms with Gasteiger partial charge >= 0.3 is 0 Å². The summed E-state index contributed by atoms with van der Waals surface area (Å²) in [5.41, 5.74) is 12.1. The molecule has 0 N–H and O–H groups in total. The van der Waals surface area contributed by atoms with Gasteiger partial charge in [0.2, 0.25) is 0 Å². The molecule has 4 heteroatoms. The van der Waals surface area contributed by atoms with Crippen molar-refractivity contribution in [3.8, 4) is 0 Å². The number of hydrogen-bond acceptors (Lipinski definition) is 1. The summed E-state index contributed by atoms with van der Waals surface area (Å²) in [4.78, 5) is 2.21. The first-order valence-corrected chi connectivity index (χ1v) is 8.49. The number of hydrogen-bond donors (Lipinski definition) is 0. The van der Waals surface area contributed by atoms with Crippen molar-refractivity contribution in [1.29, 1.82) is 0 Å². The lowest BCUT2D eigenvalue weighted by Gasteiger charge is -2.34. The molecule has 0 spiro atoms. The molecule has 3 aromatic carbocycles. The van der Waals surface area contributed by atoms with Gasteiger partial charge in [-0.2, -0.15) is 0 Å². The van der Waals surface area contributed by atoms with Gasteiger partial charge in [-0.15, -0.1) is 11.6 Å². The molecule has 0 aliphatic carbocycles. The Morgan fingerprint density at radius 1 is 0.840 bits per heavy atom. The van der Waals surface area contributed by atoms with Crippen LogP contribution in [0.5, 0.6) is 0 Å². The summed E-state index contributed by atoms with van der Waals surface area (Å²) in [6.45, 7) is 0. The van der Waals surface area contributed by atoms with Gasteiger partial charge in [-0.3, -0.25) is 0 Å². The molecule has 0 aromatic heterocycles. The lowest BCUT2D eigenvalue weighted by molar-refractivity contribution is 0.485. The number of alkyl halides is 1. The SMILES string of the molecule is [N-]=[N+]=N[C@H](c1ccccc1)[C@](Cl)(Cc1ccccc1)c1ccccc1. The van der Waals surface area contributed by atoms with E-state index in [0.29, 0.717) is 6.42 Å². The minimum Gasteiger partial charge on any atom is -0.113 e. The predicted octanol–water partition coefficient (Wildman–Crippen LogP) is 6.42. The minimum atomic E-state index is -0.879. The molecule has 25 heavy (non-hydrogen) atoms. The zero-order valence-corrected chi connectivity index (χ0v) is 14.4. The molecular weight excluding hydrogens is 330 g/mol. The van der Waals surface area contributed by atoms with E-state index >= 15 is 0 Å². The monoisotopic (exact) mass is 347 g/mol. The maximum atomic E-state index is 9.17. The number of rotatable bonds is 6. The molecule has 0 amide bonds. The first kappa shape index (κ1) is 17.1. The molecule has 0 bridgehead atoms. The molecule has 0 radical (unpaired) electrons. The molecule has 0 aliphatic rings. The Balaban J connectivity index is 2.13. The Kier molecular flexibility index (Phi) is 5.39. The first-order chi connectivity index (χ1) is 12.2. The molecule has 3 rings (SSSR count). The van der Waals surface area contributed by atoms with Crippen LogP contribution in [-0.2, 0) is 11.3 Å². The third kappa shape index (κ3) is 3.85. The highest BCUT2D eigenvalue weighted by Gasteiger charge is 2.39. The summed E-state index contributed by atoms with van der Waals surface area (Å²) in [5, 5.41) is 4.09. The van der Waals surface area contributed by atoms with Crippen LogP contribution in [0.2, 0.25) is 0 Å². The third-order valence-electron chi connectivity index (χ3n) is 4.27. The second-order valence-corrected chi connectivity index (χ2v) is 6.58. The molecule has 2 atom stereocenters. The van der Waals surface area contributed by atoms with Gasteiger partial charge in [0.15, 0.2) is 0 Å². The lowest BCUT2D eigenvalue weighted by Crippen LogP contribution is -2.29. The van der Waals surface area contributed by atoms with Crippen LogP contribution in [0.25, 0.3) is 10.4 Å². The van der Waals surface area contributed by atoms with E-state index in [1.165, 1.54) is 0 Å². The van der Waals surface area contributed by atoms with E-state index in [-0.39, 0.29) is 0 Å². The zero-order chi connectivity index (χ0) is 17.5. The summed E-state index contributed by atoms with van der Waals surface area (Å²) in [7, 11) is 0. The smallest absolute Gasteiger partial charge is 0.0861 e. The van der Waals surface area contributed by atoms with E-state index in [1.54, 1.807) is 0 Å². The van der Waals surface area contributed by atoms with Crippen molar-refractivity contribution in [2.24, 2.45) is 5.11 Å². The fourth-order valence-electron chi connectivity index (χ4n) is 3.07. The molecule has 0 heterocycles. The molecule has 0 saturated carbocycles. The first-order valence-electron chi connectivity index (χ1n) is 8.11. The molecular formula is C21H18ClN3. The molecule has 0 aliphatic heterocycles. The summed E-state index contributed by atoms with van der Waals surface area (Å²) in [5.74, 6) is 0. The Morgan fingerprint density at radius 3 is 1.92 bits per heavy atom. The number of benzene rings is 3. The quantitative estimate of drug-likeness (QED) is 0.214. The van der Waals surface area contributed by atoms with Gasteiger partial charge in [-0.05, 0) is 28.6 Å². The van der Waals surface area contributed by atoms with Crippen LogP contribution in [0.15, 0.2) is 96.1 Å². The summed E-state index contributed by atoms with van der Waals surface area (Å²) in [6.07, 6.45) is 0.554. The summed E-state index contributed by atoms with van der Waals surface area (Å²) < 4.78 is 0. The van der Waals surface area contributed by atoms with Crippen molar-refractivity contribution < 1.29 is 0 Å². The summed E-state index contributed by atoms with van der Waals surface area (Å²) >= 11 is 7.21. The van der Waals surface area contributed by atoms with Gasteiger partial charge in [-0.25, -0.2) is 0 Å². The van der Waals surface area contributed by atoms with Crippen LogP contribution in [0.1, 0.15) is 22.7 Å². The predicted molar refractivity (Wildman–Crippen MR) is 102 cm³/mol. The van der Waals surface area contributed by atoms with E-state index in [1.807, 2.05) is 91.0 Å². The average molecular weight is 348 g/mol. The summed E-state index contributed by atoms with van der Waals surface area (Å²) in [6, 6.07) is 29.0. The van der Waals surface area contributed by atoms with Crippen LogP contribution >= 0.6 is 11.6 Å². The minimum absolute atomic E-state index is 0.525. The second-order valence-electron chi connectivity index (χ2n) is 5.91. The Morgan fingerprint density at radius 2 is 1.36 bits per heavy atom. The van der Waals surface area contributed by atoms with Crippen molar-refractivity contribution in [3.63, 3.8) is 0 Å². The lowest BCUT2D eigenvalue weighted by atomic mass is 9.82. The highest BCUT2D eigenvalue weighted by atomic mass is 35.5. The van der Waals surface area contributed by atoms with Crippen molar-refractivity contribution in [2.75, 3.05) is 0 Å². The van der Waals surface area contributed by atoms with Crippen molar-refractivity contribution in [3.05, 3.63) is 118 Å². The van der Waals surface area contributed by atoms with E-state index in [2.05, 4.69) is 10.0 Å². The molecule has 3 nitrogen and oxygen atoms in total. The molecule has 0 fully saturated rings. The van der Waals surface area contributed by atoms with Gasteiger partial charge in [0, 0.05) is 4.91 Å². The van der Waals surface area contributed by atoms with Gasteiger partial charge in [0.1, 0.15) is 0 Å². The van der Waals surface area contributed by atoms with Crippen LogP contribution in [0.4, 0.5) is 0 Å². The Hall–Kier alpha value is -2.74. The largest absolute Gasteiger partial charge is 0.113 e. The highest BCUT2D eigenvalue weighted by molar-refractivity contribution is 6.24. The Labute approximate surface area is 152 Å². The molecule has 0 saturated heterocycles. The van der Waals surface area contributed by atoms with Crippen LogP contribution in [0, 0.1) is 0 Å². The van der Waals surface area contributed by atoms with E-state index < -0.39 is 10.9 Å². The van der Waals surface area contributed by atoms with Crippen molar-refractivity contribution in [1.82, 2.24) is 0 Å². The fourth-order valence-corrected chi connectivity index (χ4v) is 3.52. The second kappa shape index (κ2) is 7.89. The third-order valence-corrected chi connectivity index (χ3v) is 4.83. The van der Waals surface area contributed by atoms with Gasteiger partial charge in [0.25, 0.3) is 0 Å². The topological polar surface area (TPSA) is 48.8 Å². The van der Waals surface area contributed by atoms with Crippen LogP contribution in [0.3, 0.4) is 0 Å². The number of nitrogens with zero attached hydrogens (tertiary/aromatic N) is 3. The molecule has 124 valence electrons. The standard InChI is InChI=1S/C21H18ClN3/c22-21(19-14-8-3-9-15-19,16-17-10-4-1-5-11-17)20(24-25-23)18-12-6-2-7-13-18/h1-15,20H,16H2/t20-,21+/m1/s1. The van der Waals surface area contributed by atoms with Gasteiger partial charge < -0.3 is 0 Å². The van der Waals surface area contributed by atoms with Crippen LogP contribution < -0.4 is 0 Å². The van der Waals surface area contributed by atoms with Gasteiger partial charge in [0.05, 0.1) is 10.9 Å². The maximum Gasteiger partial charge on any atom is 0.0861 e. The molecule has 3 aromatic rings. The maximum absolute atomic E-state index is 9.17. The highest BCUT2D eigenvalue weighted by Crippen LogP contribution is 2.46. The van der Waals surface area contributed by atoms with Crippen molar-refractivity contribution in [2.45, 2.75) is 17.3 Å². The average Bonchev–Trinajstić information content (AvgIpc) is 2.68. The fraction of sp³-hybridized carbons (Fsp3) is 0.143. The number of halogens is 1. The van der Waals surface area contributed by atoms with Crippen molar-refractivity contribution >= 4 is 11.6 Å². The van der Waals surface area contributed by atoms with Crippen LogP contribution in [-0.4, -0.2) is 0 Å². The van der Waals surface area contributed by atoms with Gasteiger partial charge in [-0.1, -0.05) is 96.1 Å². The zero-order valence-electron chi connectivity index (χ0n) is 13.7. The Bertz CT molecular complexity index is 846.